The molecule has 0 aliphatic heterocycles. The van der Waals surface area contributed by atoms with Crippen molar-refractivity contribution in [2.45, 2.75) is 38.0 Å². The van der Waals surface area contributed by atoms with Gasteiger partial charge in [0.05, 0.1) is 10.4 Å². The molecule has 2 aliphatic rings. The SMILES string of the molecule is CC(=O)n1c2c(c3ccc([N+](=O)[O-])cc31)C1CCC2C1. The second-order valence-corrected chi connectivity index (χ2v) is 5.82. The second-order valence-electron chi connectivity index (χ2n) is 5.82. The van der Waals surface area contributed by atoms with Gasteiger partial charge in [0.25, 0.3) is 5.69 Å². The number of hydrogen-bond acceptors (Lipinski definition) is 3. The van der Waals surface area contributed by atoms with Crippen molar-refractivity contribution in [3.8, 4) is 0 Å². The number of aromatic nitrogens is 1. The molecule has 1 aromatic heterocycles. The van der Waals surface area contributed by atoms with E-state index in [-0.39, 0.29) is 11.6 Å². The van der Waals surface area contributed by atoms with Gasteiger partial charge < -0.3 is 0 Å². The normalized spacial score (nSPS) is 23.2. The fourth-order valence-electron chi connectivity index (χ4n) is 4.10. The van der Waals surface area contributed by atoms with Crippen molar-refractivity contribution in [3.05, 3.63) is 39.6 Å². The third kappa shape index (κ3) is 1.30. The van der Waals surface area contributed by atoms with Crippen LogP contribution in [0.1, 0.15) is 54.1 Å². The van der Waals surface area contributed by atoms with E-state index < -0.39 is 4.92 Å². The minimum Gasteiger partial charge on any atom is -0.284 e. The summed E-state index contributed by atoms with van der Waals surface area (Å²) in [4.78, 5) is 22.6. The highest BCUT2D eigenvalue weighted by Gasteiger charge is 2.42. The molecule has 1 aromatic carbocycles. The number of non-ortho nitro benzene ring substituents is 1. The zero-order valence-electron chi connectivity index (χ0n) is 11.1. The number of nitro groups is 1. The summed E-state index contributed by atoms with van der Waals surface area (Å²) in [6, 6.07) is 4.89. The van der Waals surface area contributed by atoms with Gasteiger partial charge >= 0.3 is 0 Å². The van der Waals surface area contributed by atoms with Crippen LogP contribution in [0.4, 0.5) is 5.69 Å². The molecular weight excluding hydrogens is 256 g/mol. The van der Waals surface area contributed by atoms with Crippen molar-refractivity contribution in [2.75, 3.05) is 0 Å². The fraction of sp³-hybridized carbons (Fsp3) is 0.400. The second kappa shape index (κ2) is 3.69. The number of hydrogen-bond donors (Lipinski definition) is 0. The monoisotopic (exact) mass is 270 g/mol. The van der Waals surface area contributed by atoms with E-state index >= 15 is 0 Å². The minimum absolute atomic E-state index is 0.0449. The summed E-state index contributed by atoms with van der Waals surface area (Å²) >= 11 is 0. The lowest BCUT2D eigenvalue weighted by Crippen LogP contribution is -2.11. The van der Waals surface area contributed by atoms with Gasteiger partial charge in [0.2, 0.25) is 5.91 Å². The Morgan fingerprint density at radius 2 is 2.10 bits per heavy atom. The minimum atomic E-state index is -0.406. The lowest BCUT2D eigenvalue weighted by molar-refractivity contribution is -0.384. The zero-order chi connectivity index (χ0) is 14.0. The van der Waals surface area contributed by atoms with Gasteiger partial charge in [0.15, 0.2) is 0 Å². The number of fused-ring (bicyclic) bond motifs is 7. The van der Waals surface area contributed by atoms with Crippen LogP contribution in [-0.2, 0) is 0 Å². The largest absolute Gasteiger partial charge is 0.284 e. The molecule has 1 heterocycles. The van der Waals surface area contributed by atoms with Crippen LogP contribution in [0.25, 0.3) is 10.9 Å². The number of rotatable bonds is 1. The van der Waals surface area contributed by atoms with E-state index in [0.717, 1.165) is 23.9 Å². The van der Waals surface area contributed by atoms with Gasteiger partial charge in [-0.05, 0) is 36.8 Å². The molecule has 2 atom stereocenters. The summed E-state index contributed by atoms with van der Waals surface area (Å²) in [5.41, 5.74) is 3.13. The standard InChI is InChI=1S/C15H14N2O3/c1-8(18)16-13-7-11(17(19)20)4-5-12(13)14-9-2-3-10(6-9)15(14)16/h4-5,7,9-10H,2-3,6H2,1H3. The van der Waals surface area contributed by atoms with Crippen LogP contribution in [0, 0.1) is 10.1 Å². The first-order valence-electron chi connectivity index (χ1n) is 6.91. The molecule has 1 saturated carbocycles. The van der Waals surface area contributed by atoms with Gasteiger partial charge in [-0.25, -0.2) is 0 Å². The Bertz CT molecular complexity index is 775. The van der Waals surface area contributed by atoms with Gasteiger partial charge in [-0.1, -0.05) is 0 Å². The summed E-state index contributed by atoms with van der Waals surface area (Å²) in [7, 11) is 0. The maximum Gasteiger partial charge on any atom is 0.271 e. The van der Waals surface area contributed by atoms with E-state index in [4.69, 9.17) is 0 Å². The Hall–Kier alpha value is -2.17. The summed E-state index contributed by atoms with van der Waals surface area (Å²) in [6.07, 6.45) is 3.43. The molecule has 0 N–H and O–H groups in total. The van der Waals surface area contributed by atoms with E-state index in [1.165, 1.54) is 25.0 Å². The van der Waals surface area contributed by atoms with Crippen molar-refractivity contribution in [2.24, 2.45) is 0 Å². The van der Waals surface area contributed by atoms with Gasteiger partial charge in [0, 0.05) is 36.1 Å². The first kappa shape index (κ1) is 11.6. The number of carbonyl (C=O) groups is 1. The number of benzene rings is 1. The van der Waals surface area contributed by atoms with Gasteiger partial charge in [-0.2, -0.15) is 0 Å². The molecular formula is C15H14N2O3. The molecule has 1 fully saturated rings. The van der Waals surface area contributed by atoms with Crippen LogP contribution in [0.15, 0.2) is 18.2 Å². The van der Waals surface area contributed by atoms with Crippen molar-refractivity contribution in [3.63, 3.8) is 0 Å². The third-order valence-corrected chi connectivity index (χ3v) is 4.78. The highest BCUT2D eigenvalue weighted by molar-refractivity contribution is 5.97. The quantitative estimate of drug-likeness (QED) is 0.587. The van der Waals surface area contributed by atoms with Crippen molar-refractivity contribution in [1.82, 2.24) is 4.57 Å². The summed E-state index contributed by atoms with van der Waals surface area (Å²) in [5.74, 6) is 0.925. The average Bonchev–Trinajstić information content (AvgIpc) is 3.07. The lowest BCUT2D eigenvalue weighted by Gasteiger charge is -2.13. The van der Waals surface area contributed by atoms with Crippen LogP contribution < -0.4 is 0 Å². The highest BCUT2D eigenvalue weighted by Crippen LogP contribution is 2.56. The predicted molar refractivity (Wildman–Crippen MR) is 74.2 cm³/mol. The molecule has 20 heavy (non-hydrogen) atoms. The van der Waals surface area contributed by atoms with Gasteiger partial charge in [-0.15, -0.1) is 0 Å². The predicted octanol–water partition coefficient (Wildman–Crippen LogP) is 3.57. The first-order valence-corrected chi connectivity index (χ1v) is 6.91. The molecule has 2 aliphatic carbocycles. The van der Waals surface area contributed by atoms with Crippen LogP contribution in [0.5, 0.6) is 0 Å². The Labute approximate surface area is 115 Å². The van der Waals surface area contributed by atoms with E-state index in [1.54, 1.807) is 10.6 Å². The molecule has 2 bridgehead atoms. The maximum atomic E-state index is 12.0. The first-order chi connectivity index (χ1) is 9.58. The molecule has 2 aromatic rings. The Kier molecular flexibility index (Phi) is 2.14. The van der Waals surface area contributed by atoms with Crippen LogP contribution in [-0.4, -0.2) is 15.4 Å². The Balaban J connectivity index is 2.10. The zero-order valence-corrected chi connectivity index (χ0v) is 11.1. The molecule has 5 heteroatoms. The molecule has 5 nitrogen and oxygen atoms in total. The lowest BCUT2D eigenvalue weighted by atomic mass is 9.95. The number of carbonyl (C=O) groups excluding carboxylic acids is 1. The van der Waals surface area contributed by atoms with Crippen LogP contribution in [0.2, 0.25) is 0 Å². The van der Waals surface area contributed by atoms with E-state index in [2.05, 4.69) is 0 Å². The fourth-order valence-corrected chi connectivity index (χ4v) is 4.10. The average molecular weight is 270 g/mol. The summed E-state index contributed by atoms with van der Waals surface area (Å²) in [5, 5.41) is 12.0. The van der Waals surface area contributed by atoms with Gasteiger partial charge in [-0.3, -0.25) is 19.5 Å². The van der Waals surface area contributed by atoms with E-state index in [9.17, 15) is 14.9 Å². The smallest absolute Gasteiger partial charge is 0.271 e. The molecule has 0 amide bonds. The van der Waals surface area contributed by atoms with Crippen molar-refractivity contribution >= 4 is 22.5 Å². The summed E-state index contributed by atoms with van der Waals surface area (Å²) < 4.78 is 1.71. The van der Waals surface area contributed by atoms with Crippen LogP contribution in [0.3, 0.4) is 0 Å². The Morgan fingerprint density at radius 1 is 1.35 bits per heavy atom. The van der Waals surface area contributed by atoms with Gasteiger partial charge in [0.1, 0.15) is 0 Å². The van der Waals surface area contributed by atoms with Crippen molar-refractivity contribution < 1.29 is 9.72 Å². The summed E-state index contributed by atoms with van der Waals surface area (Å²) in [6.45, 7) is 1.53. The van der Waals surface area contributed by atoms with Crippen LogP contribution >= 0.6 is 0 Å². The third-order valence-electron chi connectivity index (χ3n) is 4.78. The molecule has 102 valence electrons. The molecule has 0 radical (unpaired) electrons. The molecule has 0 saturated heterocycles. The van der Waals surface area contributed by atoms with E-state index in [0.29, 0.717) is 17.4 Å². The maximum absolute atomic E-state index is 12.0. The van der Waals surface area contributed by atoms with E-state index in [1.807, 2.05) is 6.07 Å². The number of nitrogens with zero attached hydrogens (tertiary/aromatic N) is 2. The Morgan fingerprint density at radius 3 is 2.80 bits per heavy atom. The van der Waals surface area contributed by atoms with Crippen molar-refractivity contribution in [1.29, 1.82) is 0 Å². The molecule has 0 spiro atoms. The topological polar surface area (TPSA) is 65.1 Å². The number of nitro benzene ring substituents is 1. The highest BCUT2D eigenvalue weighted by atomic mass is 16.6. The molecule has 2 unspecified atom stereocenters. The molecule has 4 rings (SSSR count).